The Bertz CT molecular complexity index is 864. The SMILES string of the molecule is Cl.NS(=O)(=O)c1ccc(Oc2ccc(NC(=O)CC3CCCN3)cc2)cc1. The standard InChI is InChI=1S/C18H21N3O4S.ClH/c19-26(23,24)17-9-7-16(8-10-17)25-15-5-3-13(4-6-15)21-18(22)12-14-2-1-11-20-14;/h3-10,14,20H,1-2,11-12H2,(H,21,22)(H2,19,23,24);1H. The number of sulfonamides is 1. The van der Waals surface area contributed by atoms with Gasteiger partial charge in [-0.25, -0.2) is 13.6 Å². The maximum atomic E-state index is 12.0. The van der Waals surface area contributed by atoms with Gasteiger partial charge < -0.3 is 15.4 Å². The predicted molar refractivity (Wildman–Crippen MR) is 106 cm³/mol. The fourth-order valence-electron chi connectivity index (χ4n) is 2.81. The molecular formula is C18H22ClN3O4S. The molecular weight excluding hydrogens is 390 g/mol. The zero-order valence-corrected chi connectivity index (χ0v) is 16.2. The average molecular weight is 412 g/mol. The third-order valence-corrected chi connectivity index (χ3v) is 5.05. The minimum atomic E-state index is -3.72. The van der Waals surface area contributed by atoms with E-state index in [4.69, 9.17) is 9.88 Å². The van der Waals surface area contributed by atoms with Crippen molar-refractivity contribution in [2.45, 2.75) is 30.2 Å². The molecule has 1 fully saturated rings. The molecule has 1 saturated heterocycles. The van der Waals surface area contributed by atoms with Crippen LogP contribution >= 0.6 is 12.4 Å². The molecule has 1 aliphatic rings. The summed E-state index contributed by atoms with van der Waals surface area (Å²) in [4.78, 5) is 12.0. The largest absolute Gasteiger partial charge is 0.457 e. The number of benzene rings is 2. The molecule has 1 unspecified atom stereocenters. The molecule has 0 aromatic heterocycles. The van der Waals surface area contributed by atoms with Gasteiger partial charge in [-0.3, -0.25) is 4.79 Å². The van der Waals surface area contributed by atoms with Gasteiger partial charge in [0.05, 0.1) is 4.90 Å². The summed E-state index contributed by atoms with van der Waals surface area (Å²) in [5.41, 5.74) is 0.699. The highest BCUT2D eigenvalue weighted by molar-refractivity contribution is 7.89. The Morgan fingerprint density at radius 2 is 1.70 bits per heavy atom. The minimum absolute atomic E-state index is 0. The van der Waals surface area contributed by atoms with Gasteiger partial charge in [0, 0.05) is 18.2 Å². The van der Waals surface area contributed by atoms with Gasteiger partial charge in [-0.1, -0.05) is 0 Å². The number of nitrogens with one attached hydrogen (secondary N) is 2. The summed E-state index contributed by atoms with van der Waals surface area (Å²) in [5, 5.41) is 11.2. The lowest BCUT2D eigenvalue weighted by Crippen LogP contribution is -2.27. The summed E-state index contributed by atoms with van der Waals surface area (Å²) >= 11 is 0. The number of hydrogen-bond acceptors (Lipinski definition) is 5. The first-order valence-corrected chi connectivity index (χ1v) is 9.89. The quantitative estimate of drug-likeness (QED) is 0.676. The van der Waals surface area contributed by atoms with Crippen LogP contribution in [0.25, 0.3) is 0 Å². The van der Waals surface area contributed by atoms with Crippen LogP contribution in [0.3, 0.4) is 0 Å². The molecule has 1 heterocycles. The lowest BCUT2D eigenvalue weighted by Gasteiger charge is -2.11. The first kappa shape index (κ1) is 21.2. The second-order valence-electron chi connectivity index (χ2n) is 6.19. The van der Waals surface area contributed by atoms with Crippen molar-refractivity contribution >= 4 is 34.0 Å². The molecule has 0 aliphatic carbocycles. The minimum Gasteiger partial charge on any atom is -0.457 e. The monoisotopic (exact) mass is 411 g/mol. The Kier molecular flexibility index (Phi) is 7.20. The van der Waals surface area contributed by atoms with Crippen LogP contribution in [0.4, 0.5) is 5.69 Å². The van der Waals surface area contributed by atoms with Gasteiger partial charge in [-0.2, -0.15) is 0 Å². The summed E-state index contributed by atoms with van der Waals surface area (Å²) in [6.45, 7) is 0.974. The predicted octanol–water partition coefficient (Wildman–Crippen LogP) is 2.63. The van der Waals surface area contributed by atoms with Crippen LogP contribution in [0.15, 0.2) is 53.4 Å². The molecule has 1 aliphatic heterocycles. The van der Waals surface area contributed by atoms with Crippen molar-refractivity contribution in [3.8, 4) is 11.5 Å². The Balaban J connectivity index is 0.00000261. The summed E-state index contributed by atoms with van der Waals surface area (Å²) in [6, 6.07) is 13.1. The van der Waals surface area contributed by atoms with Gasteiger partial charge in [0.2, 0.25) is 15.9 Å². The number of carbonyl (C=O) groups excluding carboxylic acids is 1. The van der Waals surface area contributed by atoms with Crippen LogP contribution in [0.2, 0.25) is 0 Å². The van der Waals surface area contributed by atoms with Crippen molar-refractivity contribution in [1.82, 2.24) is 5.32 Å². The van der Waals surface area contributed by atoms with Crippen LogP contribution in [-0.4, -0.2) is 26.9 Å². The highest BCUT2D eigenvalue weighted by Gasteiger charge is 2.17. The lowest BCUT2D eigenvalue weighted by atomic mass is 10.1. The van der Waals surface area contributed by atoms with E-state index in [1.54, 1.807) is 24.3 Å². The summed E-state index contributed by atoms with van der Waals surface area (Å²) in [5.74, 6) is 1.04. The molecule has 0 saturated carbocycles. The molecule has 1 amide bonds. The van der Waals surface area contributed by atoms with Gasteiger partial charge in [0.15, 0.2) is 0 Å². The van der Waals surface area contributed by atoms with Crippen LogP contribution < -0.4 is 20.5 Å². The van der Waals surface area contributed by atoms with Crippen molar-refractivity contribution in [3.63, 3.8) is 0 Å². The van der Waals surface area contributed by atoms with E-state index in [2.05, 4.69) is 10.6 Å². The first-order valence-electron chi connectivity index (χ1n) is 8.34. The molecule has 7 nitrogen and oxygen atoms in total. The van der Waals surface area contributed by atoms with Crippen molar-refractivity contribution in [2.24, 2.45) is 5.14 Å². The second-order valence-corrected chi connectivity index (χ2v) is 7.75. The summed E-state index contributed by atoms with van der Waals surface area (Å²) in [6.07, 6.45) is 2.61. The number of hydrogen-bond donors (Lipinski definition) is 3. The van der Waals surface area contributed by atoms with E-state index in [0.717, 1.165) is 19.4 Å². The van der Waals surface area contributed by atoms with Gasteiger partial charge in [0.1, 0.15) is 11.5 Å². The number of rotatable bonds is 6. The van der Waals surface area contributed by atoms with E-state index in [-0.39, 0.29) is 29.3 Å². The maximum Gasteiger partial charge on any atom is 0.238 e. The molecule has 2 aromatic rings. The van der Waals surface area contributed by atoms with E-state index in [1.807, 2.05) is 0 Å². The number of amides is 1. The molecule has 0 spiro atoms. The average Bonchev–Trinajstić information content (AvgIpc) is 3.09. The van der Waals surface area contributed by atoms with Crippen molar-refractivity contribution in [1.29, 1.82) is 0 Å². The third kappa shape index (κ3) is 6.21. The second kappa shape index (κ2) is 9.18. The zero-order chi connectivity index (χ0) is 18.6. The fourth-order valence-corrected chi connectivity index (χ4v) is 3.32. The van der Waals surface area contributed by atoms with E-state index in [1.165, 1.54) is 24.3 Å². The van der Waals surface area contributed by atoms with Gasteiger partial charge in [-0.15, -0.1) is 12.4 Å². The highest BCUT2D eigenvalue weighted by Crippen LogP contribution is 2.24. The maximum absolute atomic E-state index is 12.0. The Labute approximate surface area is 164 Å². The number of anilines is 1. The van der Waals surface area contributed by atoms with Crippen LogP contribution in [0.5, 0.6) is 11.5 Å². The normalized spacial score (nSPS) is 16.4. The molecule has 3 rings (SSSR count). The van der Waals surface area contributed by atoms with Crippen molar-refractivity contribution in [3.05, 3.63) is 48.5 Å². The molecule has 4 N–H and O–H groups in total. The Morgan fingerprint density at radius 3 is 2.22 bits per heavy atom. The number of primary sulfonamides is 1. The lowest BCUT2D eigenvalue weighted by molar-refractivity contribution is -0.116. The van der Waals surface area contributed by atoms with E-state index < -0.39 is 10.0 Å². The molecule has 2 aromatic carbocycles. The van der Waals surface area contributed by atoms with Gasteiger partial charge in [-0.05, 0) is 67.9 Å². The van der Waals surface area contributed by atoms with Crippen molar-refractivity contribution in [2.75, 3.05) is 11.9 Å². The summed E-state index contributed by atoms with van der Waals surface area (Å²) < 4.78 is 28.1. The van der Waals surface area contributed by atoms with Crippen LogP contribution in [0, 0.1) is 0 Å². The Morgan fingerprint density at radius 1 is 1.11 bits per heavy atom. The highest BCUT2D eigenvalue weighted by atomic mass is 35.5. The van der Waals surface area contributed by atoms with E-state index in [0.29, 0.717) is 23.6 Å². The molecule has 146 valence electrons. The van der Waals surface area contributed by atoms with Crippen LogP contribution in [-0.2, 0) is 14.8 Å². The Hall–Kier alpha value is -2.13. The van der Waals surface area contributed by atoms with E-state index >= 15 is 0 Å². The molecule has 0 radical (unpaired) electrons. The van der Waals surface area contributed by atoms with Gasteiger partial charge in [0.25, 0.3) is 0 Å². The molecule has 9 heteroatoms. The number of halogens is 1. The third-order valence-electron chi connectivity index (χ3n) is 4.12. The zero-order valence-electron chi connectivity index (χ0n) is 14.6. The van der Waals surface area contributed by atoms with Crippen molar-refractivity contribution < 1.29 is 17.9 Å². The number of carbonyl (C=O) groups is 1. The molecule has 27 heavy (non-hydrogen) atoms. The molecule has 1 atom stereocenters. The van der Waals surface area contributed by atoms with Crippen LogP contribution in [0.1, 0.15) is 19.3 Å². The fraction of sp³-hybridized carbons (Fsp3) is 0.278. The van der Waals surface area contributed by atoms with E-state index in [9.17, 15) is 13.2 Å². The topological polar surface area (TPSA) is 111 Å². The van der Waals surface area contributed by atoms with Gasteiger partial charge >= 0.3 is 0 Å². The number of ether oxygens (including phenoxy) is 1. The first-order chi connectivity index (χ1) is 12.4. The molecule has 0 bridgehead atoms. The smallest absolute Gasteiger partial charge is 0.238 e. The number of nitrogens with two attached hydrogens (primary N) is 1. The summed E-state index contributed by atoms with van der Waals surface area (Å²) in [7, 11) is -3.72.